The van der Waals surface area contributed by atoms with E-state index in [0.717, 1.165) is 4.31 Å². The Bertz CT molecular complexity index is 749. The molecule has 11 heteroatoms. The standard InChI is InChI=1S/C12H21N3O6S2/c1-8-12(9(2)21-13-8)23(18,19)14-11-6-20-5-10(11)7-22(16,17)15(3)4/h10-11,14H,5-7H2,1-4H3/t10-,11+/m0/s1. The van der Waals surface area contributed by atoms with E-state index < -0.39 is 32.0 Å². The minimum atomic E-state index is -3.87. The summed E-state index contributed by atoms with van der Waals surface area (Å²) < 4.78 is 62.8. The van der Waals surface area contributed by atoms with Crippen LogP contribution in [0.15, 0.2) is 9.42 Å². The van der Waals surface area contributed by atoms with Crippen molar-refractivity contribution in [2.75, 3.05) is 33.1 Å². The molecule has 0 amide bonds. The Morgan fingerprint density at radius 1 is 1.22 bits per heavy atom. The van der Waals surface area contributed by atoms with E-state index in [2.05, 4.69) is 9.88 Å². The summed E-state index contributed by atoms with van der Waals surface area (Å²) in [7, 11) is -4.44. The van der Waals surface area contributed by atoms with Gasteiger partial charge in [0, 0.05) is 20.0 Å². The van der Waals surface area contributed by atoms with Gasteiger partial charge in [-0.1, -0.05) is 5.16 Å². The Morgan fingerprint density at radius 2 is 1.87 bits per heavy atom. The lowest BCUT2D eigenvalue weighted by atomic mass is 10.1. The van der Waals surface area contributed by atoms with Crippen molar-refractivity contribution < 1.29 is 26.1 Å². The Labute approximate surface area is 136 Å². The number of nitrogens with one attached hydrogen (secondary N) is 1. The van der Waals surface area contributed by atoms with E-state index in [9.17, 15) is 16.8 Å². The van der Waals surface area contributed by atoms with Crippen LogP contribution in [0.2, 0.25) is 0 Å². The van der Waals surface area contributed by atoms with Gasteiger partial charge in [-0.05, 0) is 13.8 Å². The van der Waals surface area contributed by atoms with Gasteiger partial charge in [0.15, 0.2) is 5.76 Å². The maximum atomic E-state index is 12.5. The highest BCUT2D eigenvalue weighted by Gasteiger charge is 2.37. The van der Waals surface area contributed by atoms with Gasteiger partial charge in [0.05, 0.1) is 25.0 Å². The summed E-state index contributed by atoms with van der Waals surface area (Å²) in [5, 5.41) is 3.63. The molecule has 0 aromatic carbocycles. The number of aromatic nitrogens is 1. The predicted octanol–water partition coefficient (Wildman–Crippen LogP) is -0.524. The van der Waals surface area contributed by atoms with Gasteiger partial charge in [-0.2, -0.15) is 0 Å². The van der Waals surface area contributed by atoms with E-state index >= 15 is 0 Å². The fourth-order valence-corrected chi connectivity index (χ4v) is 5.22. The number of aryl methyl sites for hydroxylation is 2. The molecule has 2 atom stereocenters. The molecule has 132 valence electrons. The van der Waals surface area contributed by atoms with Crippen LogP contribution in [0.3, 0.4) is 0 Å². The quantitative estimate of drug-likeness (QED) is 0.718. The van der Waals surface area contributed by atoms with Crippen molar-refractivity contribution in [3.63, 3.8) is 0 Å². The van der Waals surface area contributed by atoms with Crippen molar-refractivity contribution in [2.24, 2.45) is 5.92 Å². The number of hydrogen-bond acceptors (Lipinski definition) is 7. The first-order valence-corrected chi connectivity index (χ1v) is 10.1. The predicted molar refractivity (Wildman–Crippen MR) is 81.9 cm³/mol. The second-order valence-electron chi connectivity index (χ2n) is 5.74. The van der Waals surface area contributed by atoms with E-state index in [-0.39, 0.29) is 35.3 Å². The summed E-state index contributed by atoms with van der Waals surface area (Å²) in [5.74, 6) is -0.460. The first kappa shape index (κ1) is 18.3. The molecule has 1 aliphatic rings. The molecular weight excluding hydrogens is 346 g/mol. The van der Waals surface area contributed by atoms with Gasteiger partial charge in [0.2, 0.25) is 20.0 Å². The van der Waals surface area contributed by atoms with E-state index in [1.54, 1.807) is 0 Å². The van der Waals surface area contributed by atoms with Crippen LogP contribution in [-0.2, 0) is 24.8 Å². The zero-order valence-electron chi connectivity index (χ0n) is 13.4. The van der Waals surface area contributed by atoms with Crippen molar-refractivity contribution in [1.29, 1.82) is 0 Å². The SMILES string of the molecule is Cc1noc(C)c1S(=O)(=O)N[C@@H]1COC[C@H]1CS(=O)(=O)N(C)C. The van der Waals surface area contributed by atoms with Crippen LogP contribution in [0, 0.1) is 19.8 Å². The number of rotatable bonds is 6. The van der Waals surface area contributed by atoms with Gasteiger partial charge in [-0.3, -0.25) is 0 Å². The summed E-state index contributed by atoms with van der Waals surface area (Å²) >= 11 is 0. The van der Waals surface area contributed by atoms with Crippen LogP contribution >= 0.6 is 0 Å². The lowest BCUT2D eigenvalue weighted by Crippen LogP contribution is -2.43. The molecule has 0 bridgehead atoms. The third kappa shape index (κ3) is 3.91. The Morgan fingerprint density at radius 3 is 2.39 bits per heavy atom. The molecule has 0 unspecified atom stereocenters. The largest absolute Gasteiger partial charge is 0.379 e. The Kier molecular flexibility index (Phi) is 5.16. The summed E-state index contributed by atoms with van der Waals surface area (Å²) in [4.78, 5) is -0.0152. The molecule has 23 heavy (non-hydrogen) atoms. The lowest BCUT2D eigenvalue weighted by molar-refractivity contribution is 0.185. The van der Waals surface area contributed by atoms with Crippen LogP contribution in [0.4, 0.5) is 0 Å². The van der Waals surface area contributed by atoms with Crippen molar-refractivity contribution in [2.45, 2.75) is 24.8 Å². The number of sulfonamides is 2. The molecule has 1 aromatic heterocycles. The van der Waals surface area contributed by atoms with Gasteiger partial charge >= 0.3 is 0 Å². The summed E-state index contributed by atoms with van der Waals surface area (Å²) in [5.41, 5.74) is 0.256. The third-order valence-corrected chi connectivity index (χ3v) is 7.42. The molecule has 9 nitrogen and oxygen atoms in total. The highest BCUT2D eigenvalue weighted by Crippen LogP contribution is 2.23. The maximum absolute atomic E-state index is 12.5. The number of ether oxygens (including phenoxy) is 1. The normalized spacial score (nSPS) is 22.8. The molecular formula is C12H21N3O6S2. The van der Waals surface area contributed by atoms with Crippen molar-refractivity contribution in [1.82, 2.24) is 14.2 Å². The van der Waals surface area contributed by atoms with Crippen LogP contribution < -0.4 is 4.72 Å². The summed E-state index contributed by atoms with van der Waals surface area (Å²) in [6, 6.07) is -0.622. The van der Waals surface area contributed by atoms with Crippen molar-refractivity contribution >= 4 is 20.0 Å². The zero-order valence-corrected chi connectivity index (χ0v) is 15.1. The van der Waals surface area contributed by atoms with Crippen LogP contribution in [-0.4, -0.2) is 65.4 Å². The van der Waals surface area contributed by atoms with Gasteiger partial charge in [-0.15, -0.1) is 0 Å². The molecule has 0 aliphatic carbocycles. The van der Waals surface area contributed by atoms with E-state index in [4.69, 9.17) is 9.26 Å². The number of hydrogen-bond donors (Lipinski definition) is 1. The number of nitrogens with zero attached hydrogens (tertiary/aromatic N) is 2. The maximum Gasteiger partial charge on any atom is 0.246 e. The van der Waals surface area contributed by atoms with Crippen molar-refractivity contribution in [3.05, 3.63) is 11.5 Å². The van der Waals surface area contributed by atoms with Gasteiger partial charge in [0.1, 0.15) is 10.6 Å². The molecule has 0 radical (unpaired) electrons. The smallest absolute Gasteiger partial charge is 0.246 e. The fourth-order valence-electron chi connectivity index (χ4n) is 2.43. The highest BCUT2D eigenvalue weighted by atomic mass is 32.2. The highest BCUT2D eigenvalue weighted by molar-refractivity contribution is 7.89. The average molecular weight is 367 g/mol. The molecule has 1 N–H and O–H groups in total. The first-order chi connectivity index (χ1) is 10.5. The monoisotopic (exact) mass is 367 g/mol. The molecule has 2 rings (SSSR count). The first-order valence-electron chi connectivity index (χ1n) is 6.98. The molecule has 0 saturated carbocycles. The van der Waals surface area contributed by atoms with E-state index in [1.807, 2.05) is 0 Å². The van der Waals surface area contributed by atoms with E-state index in [1.165, 1.54) is 27.9 Å². The second-order valence-corrected chi connectivity index (χ2v) is 9.62. The minimum Gasteiger partial charge on any atom is -0.379 e. The third-order valence-electron chi connectivity index (χ3n) is 3.72. The Hall–Kier alpha value is -1.01. The molecule has 1 fully saturated rings. The van der Waals surface area contributed by atoms with Crippen LogP contribution in [0.5, 0.6) is 0 Å². The summed E-state index contributed by atoms with van der Waals surface area (Å²) in [6.45, 7) is 3.34. The molecule has 2 heterocycles. The van der Waals surface area contributed by atoms with Gasteiger partial charge < -0.3 is 9.26 Å². The zero-order chi connectivity index (χ0) is 17.4. The van der Waals surface area contributed by atoms with Gasteiger partial charge in [0.25, 0.3) is 0 Å². The minimum absolute atomic E-state index is 0.0152. The molecule has 0 spiro atoms. The van der Waals surface area contributed by atoms with Gasteiger partial charge in [-0.25, -0.2) is 25.9 Å². The van der Waals surface area contributed by atoms with Crippen LogP contribution in [0.25, 0.3) is 0 Å². The lowest BCUT2D eigenvalue weighted by Gasteiger charge is -2.20. The second kappa shape index (κ2) is 6.48. The van der Waals surface area contributed by atoms with E-state index in [0.29, 0.717) is 0 Å². The average Bonchev–Trinajstić information content (AvgIpc) is 2.96. The summed E-state index contributed by atoms with van der Waals surface area (Å²) in [6.07, 6.45) is 0. The molecule has 1 aliphatic heterocycles. The fraction of sp³-hybridized carbons (Fsp3) is 0.750. The topological polar surface area (TPSA) is 119 Å². The molecule has 1 aromatic rings. The van der Waals surface area contributed by atoms with Crippen LogP contribution in [0.1, 0.15) is 11.5 Å². The Balaban J connectivity index is 2.19. The molecule has 1 saturated heterocycles. The van der Waals surface area contributed by atoms with Crippen molar-refractivity contribution in [3.8, 4) is 0 Å².